The number of nitrogens with one attached hydrogen (secondary N) is 1. The summed E-state index contributed by atoms with van der Waals surface area (Å²) in [5.41, 5.74) is 4.54. The molecule has 1 saturated heterocycles. The molecule has 4 rings (SSSR count). The zero-order valence-corrected chi connectivity index (χ0v) is 18.1. The molecular weight excluding hydrogens is 374 g/mol. The van der Waals surface area contributed by atoms with Gasteiger partial charge in [-0.2, -0.15) is 0 Å². The van der Waals surface area contributed by atoms with Crippen molar-refractivity contribution in [3.63, 3.8) is 0 Å². The van der Waals surface area contributed by atoms with E-state index in [1.807, 2.05) is 20.2 Å². The molecule has 1 N–H and O–H groups in total. The lowest BCUT2D eigenvalue weighted by Gasteiger charge is -2.39. The lowest BCUT2D eigenvalue weighted by molar-refractivity contribution is -0.111. The fourth-order valence-corrected chi connectivity index (χ4v) is 4.53. The first-order chi connectivity index (χ1) is 14.3. The van der Waals surface area contributed by atoms with Crippen LogP contribution in [0, 0.1) is 0 Å². The van der Waals surface area contributed by atoms with E-state index in [1.165, 1.54) is 11.8 Å². The first-order valence-corrected chi connectivity index (χ1v) is 10.2. The topological polar surface area (TPSA) is 44.8 Å². The molecule has 5 nitrogen and oxygen atoms in total. The van der Waals surface area contributed by atoms with Crippen molar-refractivity contribution < 1.29 is 9.53 Å². The summed E-state index contributed by atoms with van der Waals surface area (Å²) in [7, 11) is 4.08. The fraction of sp³-hybridized carbons (Fsp3) is 0.320. The summed E-state index contributed by atoms with van der Waals surface area (Å²) >= 11 is 0. The average Bonchev–Trinajstić information content (AvgIpc) is 3.24. The number of ether oxygens (including phenoxy) is 1. The third-order valence-electron chi connectivity index (χ3n) is 6.26. The summed E-state index contributed by atoms with van der Waals surface area (Å²) in [5.74, 6) is -0.210. The molecule has 0 bridgehead atoms. The van der Waals surface area contributed by atoms with Crippen LogP contribution in [-0.2, 0) is 14.9 Å². The molecule has 2 aromatic carbocycles. The number of carbonyl (C=O) groups is 1. The van der Waals surface area contributed by atoms with Gasteiger partial charge in [0.2, 0.25) is 5.91 Å². The van der Waals surface area contributed by atoms with Crippen molar-refractivity contribution >= 4 is 29.0 Å². The minimum atomic E-state index is -0.559. The maximum atomic E-state index is 11.7. The van der Waals surface area contributed by atoms with Crippen LogP contribution < -0.4 is 15.1 Å². The van der Waals surface area contributed by atoms with Gasteiger partial charge >= 0.3 is 0 Å². The van der Waals surface area contributed by atoms with Crippen LogP contribution in [0.5, 0.6) is 0 Å². The molecule has 0 radical (unpaired) electrons. The number of benzene rings is 2. The Morgan fingerprint density at radius 1 is 1.20 bits per heavy atom. The van der Waals surface area contributed by atoms with Gasteiger partial charge in [0.05, 0.1) is 6.61 Å². The predicted octanol–water partition coefficient (Wildman–Crippen LogP) is 4.41. The molecule has 1 atom stereocenters. The number of rotatable bonds is 5. The smallest absolute Gasteiger partial charge is 0.247 e. The quantitative estimate of drug-likeness (QED) is 0.751. The van der Waals surface area contributed by atoms with Crippen molar-refractivity contribution in [1.29, 1.82) is 0 Å². The monoisotopic (exact) mass is 403 g/mol. The van der Waals surface area contributed by atoms with Crippen LogP contribution in [0.25, 0.3) is 6.08 Å². The largest absolute Gasteiger partial charge is 0.378 e. The highest BCUT2D eigenvalue weighted by molar-refractivity contribution is 5.99. The summed E-state index contributed by atoms with van der Waals surface area (Å²) in [6.07, 6.45) is 5.62. The Labute approximate surface area is 178 Å². The highest BCUT2D eigenvalue weighted by Crippen LogP contribution is 2.55. The molecular formula is C25H29N3O2. The van der Waals surface area contributed by atoms with E-state index in [9.17, 15) is 4.79 Å². The van der Waals surface area contributed by atoms with Crippen molar-refractivity contribution in [3.05, 3.63) is 72.3 Å². The van der Waals surface area contributed by atoms with Gasteiger partial charge in [0, 0.05) is 43.1 Å². The standard InChI is InChI=1S/C25H29N3O2/c1-6-23(29)26-19-9-12-22-21(17-19)24(2,3)25(28(22)15-16-30-25)14-13-18-7-10-20(11-8-18)27(4)5/h6-14,17H,1,15-16H2,2-5H3,(H,26,29)/b14-13+. The van der Waals surface area contributed by atoms with Crippen LogP contribution in [0.1, 0.15) is 25.0 Å². The van der Waals surface area contributed by atoms with Crippen molar-refractivity contribution in [2.45, 2.75) is 25.0 Å². The second-order valence-electron chi connectivity index (χ2n) is 8.57. The molecule has 0 aromatic heterocycles. The number of hydrogen-bond acceptors (Lipinski definition) is 4. The number of amides is 1. The maximum absolute atomic E-state index is 11.7. The average molecular weight is 404 g/mol. The summed E-state index contributed by atoms with van der Waals surface area (Å²) < 4.78 is 6.42. The Balaban J connectivity index is 1.69. The van der Waals surface area contributed by atoms with Crippen LogP contribution in [0.2, 0.25) is 0 Å². The number of nitrogens with zero attached hydrogens (tertiary/aromatic N) is 2. The summed E-state index contributed by atoms with van der Waals surface area (Å²) in [5, 5.41) is 2.87. The number of fused-ring (bicyclic) bond motifs is 3. The van der Waals surface area contributed by atoms with Gasteiger partial charge in [-0.05, 0) is 53.6 Å². The second-order valence-corrected chi connectivity index (χ2v) is 8.57. The van der Waals surface area contributed by atoms with Crippen LogP contribution in [-0.4, -0.2) is 38.9 Å². The van der Waals surface area contributed by atoms with Gasteiger partial charge in [-0.1, -0.05) is 38.6 Å². The SMILES string of the molecule is C=CC(=O)Nc1ccc2c(c1)C(C)(C)C1(/C=C/c3ccc(N(C)C)cc3)OCCN21. The van der Waals surface area contributed by atoms with E-state index in [4.69, 9.17) is 4.74 Å². The molecule has 156 valence electrons. The first kappa shape index (κ1) is 20.2. The van der Waals surface area contributed by atoms with Gasteiger partial charge in [-0.15, -0.1) is 0 Å². The van der Waals surface area contributed by atoms with Crippen LogP contribution in [0.4, 0.5) is 17.1 Å². The Morgan fingerprint density at radius 2 is 1.93 bits per heavy atom. The molecule has 1 amide bonds. The van der Waals surface area contributed by atoms with E-state index in [1.54, 1.807) is 0 Å². The molecule has 30 heavy (non-hydrogen) atoms. The zero-order chi connectivity index (χ0) is 21.5. The van der Waals surface area contributed by atoms with Gasteiger partial charge in [0.25, 0.3) is 0 Å². The molecule has 2 aliphatic rings. The fourth-order valence-electron chi connectivity index (χ4n) is 4.53. The molecule has 0 spiro atoms. The van der Waals surface area contributed by atoms with Crippen molar-refractivity contribution in [3.8, 4) is 0 Å². The zero-order valence-electron chi connectivity index (χ0n) is 18.1. The van der Waals surface area contributed by atoms with Gasteiger partial charge in [-0.3, -0.25) is 4.79 Å². The Kier molecular flexibility index (Phi) is 4.94. The van der Waals surface area contributed by atoms with E-state index < -0.39 is 5.72 Å². The van der Waals surface area contributed by atoms with Gasteiger partial charge in [0.15, 0.2) is 5.72 Å². The van der Waals surface area contributed by atoms with E-state index in [0.717, 1.165) is 29.0 Å². The molecule has 0 aliphatic carbocycles. The third-order valence-corrected chi connectivity index (χ3v) is 6.26. The van der Waals surface area contributed by atoms with E-state index in [2.05, 4.69) is 84.1 Å². The van der Waals surface area contributed by atoms with Crippen molar-refractivity contribution in [1.82, 2.24) is 0 Å². The summed E-state index contributed by atoms with van der Waals surface area (Å²) in [4.78, 5) is 16.2. The maximum Gasteiger partial charge on any atom is 0.247 e. The number of anilines is 3. The highest BCUT2D eigenvalue weighted by Gasteiger charge is 2.59. The Bertz CT molecular complexity index is 1010. The molecule has 5 heteroatoms. The lowest BCUT2D eigenvalue weighted by atomic mass is 9.77. The van der Waals surface area contributed by atoms with Crippen molar-refractivity contribution in [2.24, 2.45) is 0 Å². The van der Waals surface area contributed by atoms with Crippen LogP contribution in [0.15, 0.2) is 61.2 Å². The van der Waals surface area contributed by atoms with Crippen LogP contribution >= 0.6 is 0 Å². The Morgan fingerprint density at radius 3 is 2.60 bits per heavy atom. The van der Waals surface area contributed by atoms with Gasteiger partial charge in [0.1, 0.15) is 0 Å². The van der Waals surface area contributed by atoms with E-state index in [-0.39, 0.29) is 11.3 Å². The van der Waals surface area contributed by atoms with E-state index in [0.29, 0.717) is 6.61 Å². The molecule has 1 unspecified atom stereocenters. The second kappa shape index (κ2) is 7.33. The molecule has 1 fully saturated rings. The van der Waals surface area contributed by atoms with E-state index >= 15 is 0 Å². The first-order valence-electron chi connectivity index (χ1n) is 10.2. The van der Waals surface area contributed by atoms with Crippen LogP contribution in [0.3, 0.4) is 0 Å². The highest BCUT2D eigenvalue weighted by atomic mass is 16.5. The number of hydrogen-bond donors (Lipinski definition) is 1. The minimum absolute atomic E-state index is 0.210. The Hall–Kier alpha value is -3.05. The normalized spacial score (nSPS) is 21.4. The van der Waals surface area contributed by atoms with Crippen molar-refractivity contribution in [2.75, 3.05) is 42.4 Å². The van der Waals surface area contributed by atoms with Gasteiger partial charge < -0.3 is 19.9 Å². The molecule has 2 heterocycles. The summed E-state index contributed by atoms with van der Waals surface area (Å²) in [6, 6.07) is 14.6. The molecule has 2 aliphatic heterocycles. The number of carbonyl (C=O) groups excluding carboxylic acids is 1. The lowest BCUT2D eigenvalue weighted by Crippen LogP contribution is -2.51. The third kappa shape index (κ3) is 3.10. The van der Waals surface area contributed by atoms with Gasteiger partial charge in [-0.25, -0.2) is 0 Å². The predicted molar refractivity (Wildman–Crippen MR) is 124 cm³/mol. The molecule has 0 saturated carbocycles. The molecule has 2 aromatic rings. The summed E-state index contributed by atoms with van der Waals surface area (Å²) in [6.45, 7) is 9.45. The minimum Gasteiger partial charge on any atom is -0.378 e.